The fraction of sp³-hybridized carbons (Fsp3) is 0.500. The van der Waals surface area contributed by atoms with Crippen LogP contribution in [0.2, 0.25) is 0 Å². The van der Waals surface area contributed by atoms with E-state index in [0.29, 0.717) is 0 Å². The van der Waals surface area contributed by atoms with Crippen LogP contribution in [0.25, 0.3) is 10.9 Å². The third kappa shape index (κ3) is 3.03. The molecule has 3 heteroatoms. The second kappa shape index (κ2) is 5.55. The van der Waals surface area contributed by atoms with Crippen molar-refractivity contribution in [1.29, 1.82) is 0 Å². The van der Waals surface area contributed by atoms with Gasteiger partial charge in [0.05, 0.1) is 5.52 Å². The smallest absolute Gasteiger partial charge is 0.223 e. The number of fused-ring (bicyclic) bond motifs is 1. The predicted molar refractivity (Wildman–Crippen MR) is 79.1 cm³/mol. The van der Waals surface area contributed by atoms with E-state index in [0.717, 1.165) is 35.2 Å². The van der Waals surface area contributed by atoms with Crippen LogP contribution in [0.1, 0.15) is 32.6 Å². The molecule has 0 unspecified atom stereocenters. The van der Waals surface area contributed by atoms with Gasteiger partial charge in [-0.3, -0.25) is 0 Å². The maximum Gasteiger partial charge on any atom is 0.223 e. The van der Waals surface area contributed by atoms with E-state index in [9.17, 15) is 0 Å². The first-order valence-electron chi connectivity index (χ1n) is 7.27. The molecule has 0 spiro atoms. The number of aromatic nitrogens is 2. The van der Waals surface area contributed by atoms with Gasteiger partial charge in [-0.2, -0.15) is 0 Å². The monoisotopic (exact) mass is 255 g/mol. The van der Waals surface area contributed by atoms with Gasteiger partial charge < -0.3 is 5.32 Å². The minimum atomic E-state index is 0.761. The molecule has 3 nitrogen and oxygen atoms in total. The molecule has 2 aromatic rings. The van der Waals surface area contributed by atoms with E-state index >= 15 is 0 Å². The molecule has 1 saturated carbocycles. The molecule has 0 bridgehead atoms. The third-order valence-electron chi connectivity index (χ3n) is 4.17. The molecule has 1 aliphatic rings. The zero-order valence-corrected chi connectivity index (χ0v) is 11.5. The summed E-state index contributed by atoms with van der Waals surface area (Å²) < 4.78 is 0. The first kappa shape index (κ1) is 12.4. The van der Waals surface area contributed by atoms with E-state index in [4.69, 9.17) is 0 Å². The van der Waals surface area contributed by atoms with Crippen molar-refractivity contribution in [3.63, 3.8) is 0 Å². The van der Waals surface area contributed by atoms with Gasteiger partial charge >= 0.3 is 0 Å². The minimum Gasteiger partial charge on any atom is -0.354 e. The van der Waals surface area contributed by atoms with E-state index in [1.54, 1.807) is 0 Å². The quantitative estimate of drug-likeness (QED) is 0.904. The van der Waals surface area contributed by atoms with Crippen LogP contribution in [0.3, 0.4) is 0 Å². The SMILES string of the molecule is CC1CCC(CNc2ncc3ccccc3n2)CC1. The molecule has 19 heavy (non-hydrogen) atoms. The summed E-state index contributed by atoms with van der Waals surface area (Å²) in [5.41, 5.74) is 1.01. The fourth-order valence-electron chi connectivity index (χ4n) is 2.83. The lowest BCUT2D eigenvalue weighted by Crippen LogP contribution is -2.20. The molecule has 0 radical (unpaired) electrons. The highest BCUT2D eigenvalue weighted by Gasteiger charge is 2.18. The lowest BCUT2D eigenvalue weighted by Gasteiger charge is -2.26. The number of nitrogens with zero attached hydrogens (tertiary/aromatic N) is 2. The van der Waals surface area contributed by atoms with Crippen molar-refractivity contribution in [3.05, 3.63) is 30.5 Å². The second-order valence-corrected chi connectivity index (χ2v) is 5.76. The molecule has 3 rings (SSSR count). The van der Waals surface area contributed by atoms with Crippen molar-refractivity contribution >= 4 is 16.9 Å². The summed E-state index contributed by atoms with van der Waals surface area (Å²) in [7, 11) is 0. The number of hydrogen-bond acceptors (Lipinski definition) is 3. The van der Waals surface area contributed by atoms with Gasteiger partial charge in [-0.25, -0.2) is 9.97 Å². The van der Waals surface area contributed by atoms with Gasteiger partial charge in [0.15, 0.2) is 0 Å². The van der Waals surface area contributed by atoms with Crippen molar-refractivity contribution in [2.75, 3.05) is 11.9 Å². The fourth-order valence-corrected chi connectivity index (χ4v) is 2.83. The molecule has 0 amide bonds. The molecule has 100 valence electrons. The maximum atomic E-state index is 4.55. The highest BCUT2D eigenvalue weighted by molar-refractivity contribution is 5.78. The zero-order valence-electron chi connectivity index (χ0n) is 11.5. The minimum absolute atomic E-state index is 0.761. The van der Waals surface area contributed by atoms with Crippen LogP contribution >= 0.6 is 0 Å². The highest BCUT2D eigenvalue weighted by atomic mass is 15.1. The molecule has 0 saturated heterocycles. The Labute approximate surface area is 114 Å². The number of benzene rings is 1. The molecular formula is C16H21N3. The number of anilines is 1. The molecule has 1 fully saturated rings. The zero-order chi connectivity index (χ0) is 13.1. The standard InChI is InChI=1S/C16H21N3/c1-12-6-8-13(9-7-12)10-17-16-18-11-14-4-2-3-5-15(14)19-16/h2-5,11-13H,6-10H2,1H3,(H,17,18,19). The Hall–Kier alpha value is -1.64. The van der Waals surface area contributed by atoms with E-state index in [1.165, 1.54) is 25.7 Å². The van der Waals surface area contributed by atoms with Crippen LogP contribution in [0, 0.1) is 11.8 Å². The largest absolute Gasteiger partial charge is 0.354 e. The molecule has 0 atom stereocenters. The second-order valence-electron chi connectivity index (χ2n) is 5.76. The normalized spacial score (nSPS) is 23.4. The maximum absolute atomic E-state index is 4.55. The summed E-state index contributed by atoms with van der Waals surface area (Å²) in [6, 6.07) is 8.11. The van der Waals surface area contributed by atoms with Gasteiger partial charge in [-0.05, 0) is 30.7 Å². The lowest BCUT2D eigenvalue weighted by molar-refractivity contribution is 0.300. The van der Waals surface area contributed by atoms with Crippen molar-refractivity contribution in [1.82, 2.24) is 9.97 Å². The van der Waals surface area contributed by atoms with Gasteiger partial charge in [-0.1, -0.05) is 38.0 Å². The van der Waals surface area contributed by atoms with Crippen molar-refractivity contribution < 1.29 is 0 Å². The Balaban J connectivity index is 1.62. The summed E-state index contributed by atoms with van der Waals surface area (Å²) in [6.07, 6.45) is 7.30. The van der Waals surface area contributed by atoms with Crippen LogP contribution in [-0.2, 0) is 0 Å². The molecule has 0 aliphatic heterocycles. The molecular weight excluding hydrogens is 234 g/mol. The third-order valence-corrected chi connectivity index (χ3v) is 4.17. The topological polar surface area (TPSA) is 37.8 Å². The van der Waals surface area contributed by atoms with Crippen LogP contribution in [0.5, 0.6) is 0 Å². The Morgan fingerprint density at radius 3 is 2.79 bits per heavy atom. The summed E-state index contributed by atoms with van der Waals surface area (Å²) in [4.78, 5) is 8.94. The van der Waals surface area contributed by atoms with Crippen LogP contribution in [0.15, 0.2) is 30.5 Å². The van der Waals surface area contributed by atoms with E-state index in [-0.39, 0.29) is 0 Å². The molecule has 1 N–H and O–H groups in total. The van der Waals surface area contributed by atoms with Crippen LogP contribution in [0.4, 0.5) is 5.95 Å². The van der Waals surface area contributed by atoms with E-state index < -0.39 is 0 Å². The van der Waals surface area contributed by atoms with E-state index in [1.807, 2.05) is 30.5 Å². The average Bonchev–Trinajstić information content (AvgIpc) is 2.46. The Kier molecular flexibility index (Phi) is 3.62. The summed E-state index contributed by atoms with van der Waals surface area (Å²) in [6.45, 7) is 3.36. The Morgan fingerprint density at radius 1 is 1.16 bits per heavy atom. The first-order valence-corrected chi connectivity index (χ1v) is 7.27. The Bertz CT molecular complexity index is 544. The summed E-state index contributed by atoms with van der Waals surface area (Å²) >= 11 is 0. The average molecular weight is 255 g/mol. The summed E-state index contributed by atoms with van der Waals surface area (Å²) in [5, 5.41) is 4.50. The van der Waals surface area contributed by atoms with E-state index in [2.05, 4.69) is 22.2 Å². The van der Waals surface area contributed by atoms with Crippen molar-refractivity contribution in [2.45, 2.75) is 32.6 Å². The van der Waals surface area contributed by atoms with Gasteiger partial charge in [-0.15, -0.1) is 0 Å². The first-order chi connectivity index (χ1) is 9.31. The van der Waals surface area contributed by atoms with Gasteiger partial charge in [0, 0.05) is 18.1 Å². The number of nitrogens with one attached hydrogen (secondary N) is 1. The number of hydrogen-bond donors (Lipinski definition) is 1. The summed E-state index contributed by atoms with van der Waals surface area (Å²) in [5.74, 6) is 2.46. The molecule has 1 aliphatic carbocycles. The van der Waals surface area contributed by atoms with Crippen molar-refractivity contribution in [2.24, 2.45) is 11.8 Å². The van der Waals surface area contributed by atoms with Crippen LogP contribution < -0.4 is 5.32 Å². The highest BCUT2D eigenvalue weighted by Crippen LogP contribution is 2.28. The predicted octanol–water partition coefficient (Wildman–Crippen LogP) is 3.87. The van der Waals surface area contributed by atoms with Crippen molar-refractivity contribution in [3.8, 4) is 0 Å². The van der Waals surface area contributed by atoms with Crippen LogP contribution in [-0.4, -0.2) is 16.5 Å². The number of para-hydroxylation sites is 1. The van der Waals surface area contributed by atoms with Gasteiger partial charge in [0.25, 0.3) is 0 Å². The Morgan fingerprint density at radius 2 is 1.95 bits per heavy atom. The molecule has 1 aromatic heterocycles. The molecule has 1 aromatic carbocycles. The lowest BCUT2D eigenvalue weighted by atomic mass is 9.83. The van der Waals surface area contributed by atoms with Gasteiger partial charge in [0.1, 0.15) is 0 Å². The number of rotatable bonds is 3. The molecule has 1 heterocycles. The van der Waals surface area contributed by atoms with Gasteiger partial charge in [0.2, 0.25) is 5.95 Å².